The van der Waals surface area contributed by atoms with E-state index in [1.54, 1.807) is 29.7 Å². The lowest BCUT2D eigenvalue weighted by Gasteiger charge is -2.13. The summed E-state index contributed by atoms with van der Waals surface area (Å²) < 4.78 is 42.3. The number of benzene rings is 1. The van der Waals surface area contributed by atoms with Gasteiger partial charge in [-0.25, -0.2) is 0 Å². The molecule has 138 valence electrons. The van der Waals surface area contributed by atoms with E-state index in [0.29, 0.717) is 11.5 Å². The van der Waals surface area contributed by atoms with Crippen molar-refractivity contribution in [3.8, 4) is 22.8 Å². The molecule has 2 aromatic heterocycles. The number of fused-ring (bicyclic) bond motifs is 1. The Bertz CT molecular complexity index is 925. The fraction of sp³-hybridized carbons (Fsp3) is 0.250. The van der Waals surface area contributed by atoms with Gasteiger partial charge in [-0.15, -0.1) is 23.4 Å². The molecule has 3 rings (SSSR count). The number of aromatic hydroxyl groups is 1. The minimum absolute atomic E-state index is 0.206. The first-order valence-corrected chi connectivity index (χ1v) is 7.59. The molecule has 3 N–H and O–H groups in total. The molecule has 2 heterocycles. The molecule has 7 nitrogen and oxygen atoms in total. The maximum Gasteiger partial charge on any atom is 0.573 e. The first-order valence-electron chi connectivity index (χ1n) is 7.59. The smallest absolute Gasteiger partial charge is 0.507 e. The van der Waals surface area contributed by atoms with Gasteiger partial charge in [0.25, 0.3) is 0 Å². The molecule has 0 bridgehead atoms. The van der Waals surface area contributed by atoms with Gasteiger partial charge in [-0.2, -0.15) is 0 Å². The van der Waals surface area contributed by atoms with Gasteiger partial charge < -0.3 is 20.3 Å². The average molecular weight is 368 g/mol. The Morgan fingerprint density at radius 1 is 1.27 bits per heavy atom. The zero-order valence-electron chi connectivity index (χ0n) is 13.5. The maximum absolute atomic E-state index is 12.3. The summed E-state index contributed by atoms with van der Waals surface area (Å²) in [5.74, 6) is -0.576. The van der Waals surface area contributed by atoms with Gasteiger partial charge in [-0.3, -0.25) is 4.40 Å². The molecule has 0 saturated carbocycles. The highest BCUT2D eigenvalue weighted by molar-refractivity contribution is 5.81. The first-order chi connectivity index (χ1) is 12.2. The lowest BCUT2D eigenvalue weighted by Crippen LogP contribution is -2.18. The van der Waals surface area contributed by atoms with Crippen molar-refractivity contribution in [2.24, 2.45) is 0 Å². The number of halogens is 3. The molecule has 0 aliphatic carbocycles. The molecule has 1 atom stereocenters. The normalized spacial score (nSPS) is 13.0. The van der Waals surface area contributed by atoms with E-state index in [2.05, 4.69) is 20.3 Å². The van der Waals surface area contributed by atoms with E-state index in [9.17, 15) is 23.4 Å². The third-order valence-electron chi connectivity index (χ3n) is 3.48. The third-order valence-corrected chi connectivity index (χ3v) is 3.48. The molecule has 0 spiro atoms. The number of aliphatic hydroxyl groups excluding tert-OH is 1. The second kappa shape index (κ2) is 6.71. The number of aliphatic hydroxyl groups is 1. The van der Waals surface area contributed by atoms with Crippen LogP contribution in [-0.4, -0.2) is 43.8 Å². The van der Waals surface area contributed by atoms with Crippen LogP contribution in [0.4, 0.5) is 19.1 Å². The Balaban J connectivity index is 1.98. The van der Waals surface area contributed by atoms with E-state index < -0.39 is 24.0 Å². The standard InChI is InChI=1S/C16H15F3N4O3/c1-9(24)8-20-15-22-21-14(12-3-2-6-23(12)15)11-5-4-10(7-13(11)25)26-16(17,18)19/h2-7,9,24-25H,8H2,1H3,(H,20,22)/t9-/m1/s1. The van der Waals surface area contributed by atoms with Crippen LogP contribution < -0.4 is 10.1 Å². The minimum Gasteiger partial charge on any atom is -0.507 e. The molecule has 0 radical (unpaired) electrons. The molecule has 0 aliphatic rings. The average Bonchev–Trinajstić information content (AvgIpc) is 3.01. The highest BCUT2D eigenvalue weighted by Gasteiger charge is 2.31. The van der Waals surface area contributed by atoms with Gasteiger partial charge in [0.1, 0.15) is 17.2 Å². The molecule has 10 heteroatoms. The van der Waals surface area contributed by atoms with E-state index in [4.69, 9.17) is 0 Å². The summed E-state index contributed by atoms with van der Waals surface area (Å²) in [5.41, 5.74) is 1.07. The molecule has 3 aromatic rings. The van der Waals surface area contributed by atoms with Crippen LogP contribution in [0.1, 0.15) is 6.92 Å². The van der Waals surface area contributed by atoms with Gasteiger partial charge in [-0.1, -0.05) is 0 Å². The number of alkyl halides is 3. The van der Waals surface area contributed by atoms with Crippen LogP contribution in [0.3, 0.4) is 0 Å². The fourth-order valence-electron chi connectivity index (χ4n) is 2.42. The van der Waals surface area contributed by atoms with Crippen molar-refractivity contribution in [1.29, 1.82) is 0 Å². The van der Waals surface area contributed by atoms with Crippen LogP contribution in [0, 0.1) is 0 Å². The number of phenolic OH excluding ortho intramolecular Hbond substituents is 1. The Kier molecular flexibility index (Phi) is 4.60. The van der Waals surface area contributed by atoms with Gasteiger partial charge >= 0.3 is 6.36 Å². The summed E-state index contributed by atoms with van der Waals surface area (Å²) in [6, 6.07) is 6.67. The van der Waals surface area contributed by atoms with Crippen LogP contribution in [0.15, 0.2) is 36.5 Å². The third kappa shape index (κ3) is 3.80. The first kappa shape index (κ1) is 17.8. The Hall–Kier alpha value is -3.01. The number of nitrogens with zero attached hydrogens (tertiary/aromatic N) is 3. The maximum atomic E-state index is 12.3. The zero-order valence-corrected chi connectivity index (χ0v) is 13.5. The highest BCUT2D eigenvalue weighted by Crippen LogP contribution is 2.35. The van der Waals surface area contributed by atoms with Crippen molar-refractivity contribution in [3.05, 3.63) is 36.5 Å². The molecule has 0 saturated heterocycles. The van der Waals surface area contributed by atoms with E-state index in [1.807, 2.05) is 0 Å². The Morgan fingerprint density at radius 3 is 2.69 bits per heavy atom. The van der Waals surface area contributed by atoms with Crippen LogP contribution >= 0.6 is 0 Å². The van der Waals surface area contributed by atoms with Gasteiger partial charge in [0.2, 0.25) is 5.95 Å². The van der Waals surface area contributed by atoms with Gasteiger partial charge in [0.15, 0.2) is 0 Å². The van der Waals surface area contributed by atoms with E-state index in [1.165, 1.54) is 6.07 Å². The Morgan fingerprint density at radius 2 is 2.04 bits per heavy atom. The highest BCUT2D eigenvalue weighted by atomic mass is 19.4. The number of phenols is 1. The number of aromatic nitrogens is 3. The topological polar surface area (TPSA) is 91.9 Å². The summed E-state index contributed by atoms with van der Waals surface area (Å²) >= 11 is 0. The second-order valence-electron chi connectivity index (χ2n) is 5.59. The van der Waals surface area contributed by atoms with Crippen LogP contribution in [0.25, 0.3) is 16.8 Å². The lowest BCUT2D eigenvalue weighted by molar-refractivity contribution is -0.274. The van der Waals surface area contributed by atoms with E-state index >= 15 is 0 Å². The molecular formula is C16H15F3N4O3. The summed E-state index contributed by atoms with van der Waals surface area (Å²) in [6.07, 6.45) is -3.73. The van der Waals surface area contributed by atoms with Crippen LogP contribution in [0.5, 0.6) is 11.5 Å². The van der Waals surface area contributed by atoms with E-state index in [0.717, 1.165) is 12.1 Å². The fourth-order valence-corrected chi connectivity index (χ4v) is 2.42. The number of hydrogen-bond acceptors (Lipinski definition) is 6. The van der Waals surface area contributed by atoms with Crippen LogP contribution in [-0.2, 0) is 0 Å². The number of ether oxygens (including phenoxy) is 1. The van der Waals surface area contributed by atoms with Crippen molar-refractivity contribution < 1.29 is 28.1 Å². The lowest BCUT2D eigenvalue weighted by atomic mass is 10.1. The van der Waals surface area contributed by atoms with Crippen LogP contribution in [0.2, 0.25) is 0 Å². The van der Waals surface area contributed by atoms with Crippen molar-refractivity contribution >= 4 is 11.5 Å². The predicted octanol–water partition coefficient (Wildman–Crippen LogP) is 2.79. The zero-order chi connectivity index (χ0) is 18.9. The Labute approximate surface area is 145 Å². The largest absolute Gasteiger partial charge is 0.573 e. The van der Waals surface area contributed by atoms with Crippen molar-refractivity contribution in [2.45, 2.75) is 19.4 Å². The monoisotopic (exact) mass is 368 g/mol. The summed E-state index contributed by atoms with van der Waals surface area (Å²) in [6.45, 7) is 1.88. The molecule has 1 aromatic carbocycles. The minimum atomic E-state index is -4.85. The molecule has 0 amide bonds. The number of hydrogen-bond donors (Lipinski definition) is 3. The van der Waals surface area contributed by atoms with Gasteiger partial charge in [-0.05, 0) is 31.2 Å². The summed E-state index contributed by atoms with van der Waals surface area (Å²) in [4.78, 5) is 0. The summed E-state index contributed by atoms with van der Waals surface area (Å²) in [5, 5.41) is 30.5. The molecule has 26 heavy (non-hydrogen) atoms. The van der Waals surface area contributed by atoms with Gasteiger partial charge in [0, 0.05) is 24.4 Å². The summed E-state index contributed by atoms with van der Waals surface area (Å²) in [7, 11) is 0. The van der Waals surface area contributed by atoms with Crippen molar-refractivity contribution in [2.75, 3.05) is 11.9 Å². The SMILES string of the molecule is C[C@@H](O)CNc1nnc(-c2ccc(OC(F)(F)F)cc2O)c2cccn12. The molecule has 0 aliphatic heterocycles. The van der Waals surface area contributed by atoms with Crippen molar-refractivity contribution in [1.82, 2.24) is 14.6 Å². The molecule has 0 unspecified atom stereocenters. The number of nitrogens with one attached hydrogen (secondary N) is 1. The van der Waals surface area contributed by atoms with Crippen molar-refractivity contribution in [3.63, 3.8) is 0 Å². The molecule has 0 fully saturated rings. The number of rotatable bonds is 5. The molecular weight excluding hydrogens is 353 g/mol. The predicted molar refractivity (Wildman–Crippen MR) is 86.9 cm³/mol. The van der Waals surface area contributed by atoms with Gasteiger partial charge in [0.05, 0.1) is 11.6 Å². The number of anilines is 1. The van der Waals surface area contributed by atoms with E-state index in [-0.39, 0.29) is 17.8 Å². The quantitative estimate of drug-likeness (QED) is 0.641. The second-order valence-corrected chi connectivity index (χ2v) is 5.59.